The summed E-state index contributed by atoms with van der Waals surface area (Å²) >= 11 is 0. The minimum absolute atomic E-state index is 0.0814. The average molecular weight is 346 g/mol. The summed E-state index contributed by atoms with van der Waals surface area (Å²) in [6.07, 6.45) is 1.98. The third-order valence-electron chi connectivity index (χ3n) is 6.01. The second-order valence-corrected chi connectivity index (χ2v) is 14.4. The number of benzene rings is 1. The maximum atomic E-state index is 12.7. The lowest BCUT2D eigenvalue weighted by Crippen LogP contribution is -2.47. The van der Waals surface area contributed by atoms with Crippen molar-refractivity contribution in [2.75, 3.05) is 13.1 Å². The van der Waals surface area contributed by atoms with Gasteiger partial charge in [0.25, 0.3) is 0 Å². The molecule has 0 spiro atoms. The lowest BCUT2D eigenvalue weighted by atomic mass is 9.82. The number of rotatable bonds is 5. The molecule has 1 unspecified atom stereocenters. The first-order valence-electron chi connectivity index (χ1n) is 9.53. The van der Waals surface area contributed by atoms with E-state index in [2.05, 4.69) is 70.0 Å². The van der Waals surface area contributed by atoms with Crippen molar-refractivity contribution in [1.29, 1.82) is 0 Å². The van der Waals surface area contributed by atoms with E-state index in [1.165, 1.54) is 23.2 Å². The third kappa shape index (κ3) is 4.72. The van der Waals surface area contributed by atoms with Crippen molar-refractivity contribution >= 4 is 14.0 Å². The van der Waals surface area contributed by atoms with Crippen LogP contribution in [0.15, 0.2) is 24.3 Å². The normalized spacial score (nSPS) is 19.2. The molecule has 24 heavy (non-hydrogen) atoms. The third-order valence-corrected chi connectivity index (χ3v) is 9.17. The molecule has 3 heteroatoms. The van der Waals surface area contributed by atoms with Crippen LogP contribution in [0.1, 0.15) is 45.2 Å². The van der Waals surface area contributed by atoms with Gasteiger partial charge in [-0.3, -0.25) is 4.79 Å². The summed E-state index contributed by atoms with van der Waals surface area (Å²) < 4.78 is 0. The average Bonchev–Trinajstić information content (AvgIpc) is 2.54. The van der Waals surface area contributed by atoms with Crippen LogP contribution >= 0.6 is 0 Å². The number of nitrogens with zero attached hydrogens (tertiary/aromatic N) is 1. The van der Waals surface area contributed by atoms with Gasteiger partial charge in [0, 0.05) is 19.0 Å². The van der Waals surface area contributed by atoms with E-state index in [9.17, 15) is 4.79 Å². The van der Waals surface area contributed by atoms with Crippen LogP contribution in [0.25, 0.3) is 0 Å². The number of hydrogen-bond donors (Lipinski definition) is 0. The van der Waals surface area contributed by atoms with E-state index in [0.29, 0.717) is 5.91 Å². The molecule has 1 aromatic rings. The SMILES string of the molecule is CCC(C)(C)c1ccc(CC(C)C(=O)N2CC[Si](C)(C)CC2)cc1. The van der Waals surface area contributed by atoms with Crippen LogP contribution in [0.3, 0.4) is 0 Å². The van der Waals surface area contributed by atoms with Gasteiger partial charge in [-0.05, 0) is 41.5 Å². The summed E-state index contributed by atoms with van der Waals surface area (Å²) in [5, 5.41) is 0. The van der Waals surface area contributed by atoms with Crippen LogP contribution in [-0.2, 0) is 16.6 Å². The number of amides is 1. The first-order valence-corrected chi connectivity index (χ1v) is 12.9. The van der Waals surface area contributed by atoms with Gasteiger partial charge in [-0.1, -0.05) is 65.1 Å². The van der Waals surface area contributed by atoms with Crippen molar-refractivity contribution in [2.24, 2.45) is 5.92 Å². The monoisotopic (exact) mass is 345 g/mol. The van der Waals surface area contributed by atoms with E-state index in [1.54, 1.807) is 0 Å². The Balaban J connectivity index is 1.94. The Labute approximate surface area is 149 Å². The summed E-state index contributed by atoms with van der Waals surface area (Å²) in [6.45, 7) is 15.7. The van der Waals surface area contributed by atoms with Crippen molar-refractivity contribution in [2.45, 2.75) is 71.1 Å². The number of carbonyl (C=O) groups is 1. The van der Waals surface area contributed by atoms with E-state index in [0.717, 1.165) is 25.9 Å². The highest BCUT2D eigenvalue weighted by atomic mass is 28.3. The zero-order valence-electron chi connectivity index (χ0n) is 16.5. The largest absolute Gasteiger partial charge is 0.343 e. The highest BCUT2D eigenvalue weighted by Gasteiger charge is 2.31. The Hall–Kier alpha value is -1.09. The molecule has 1 aromatic carbocycles. The van der Waals surface area contributed by atoms with Crippen LogP contribution in [0.5, 0.6) is 0 Å². The van der Waals surface area contributed by atoms with Crippen molar-refractivity contribution in [3.63, 3.8) is 0 Å². The second-order valence-electron chi connectivity index (χ2n) is 9.03. The number of carbonyl (C=O) groups excluding carboxylic acids is 1. The van der Waals surface area contributed by atoms with Crippen LogP contribution < -0.4 is 0 Å². The van der Waals surface area contributed by atoms with Gasteiger partial charge in [0.1, 0.15) is 0 Å². The van der Waals surface area contributed by atoms with Crippen molar-refractivity contribution in [3.8, 4) is 0 Å². The van der Waals surface area contributed by atoms with E-state index in [4.69, 9.17) is 0 Å². The lowest BCUT2D eigenvalue weighted by molar-refractivity contribution is -0.134. The van der Waals surface area contributed by atoms with Crippen LogP contribution in [0.2, 0.25) is 25.2 Å². The van der Waals surface area contributed by atoms with Gasteiger partial charge < -0.3 is 4.90 Å². The van der Waals surface area contributed by atoms with Crippen LogP contribution in [0, 0.1) is 5.92 Å². The second kappa shape index (κ2) is 7.43. The molecule has 0 N–H and O–H groups in total. The van der Waals surface area contributed by atoms with Gasteiger partial charge in [-0.15, -0.1) is 0 Å². The van der Waals surface area contributed by atoms with Gasteiger partial charge in [0.15, 0.2) is 0 Å². The standard InChI is InChI=1S/C21H35NOSi/c1-7-21(3,4)19-10-8-18(9-11-19)16-17(2)20(23)22-12-14-24(5,6)15-13-22/h8-11,17H,7,12-16H2,1-6H3. The quantitative estimate of drug-likeness (QED) is 0.680. The molecule has 1 heterocycles. The van der Waals surface area contributed by atoms with E-state index in [-0.39, 0.29) is 11.3 Å². The molecule has 0 aromatic heterocycles. The Morgan fingerprint density at radius 2 is 1.71 bits per heavy atom. The van der Waals surface area contributed by atoms with Gasteiger partial charge in [-0.25, -0.2) is 0 Å². The first kappa shape index (κ1) is 19.2. The smallest absolute Gasteiger partial charge is 0.225 e. The summed E-state index contributed by atoms with van der Waals surface area (Å²) in [6, 6.07) is 11.4. The summed E-state index contributed by atoms with van der Waals surface area (Å²) in [4.78, 5) is 14.8. The molecule has 0 saturated carbocycles. The van der Waals surface area contributed by atoms with Gasteiger partial charge >= 0.3 is 0 Å². The highest BCUT2D eigenvalue weighted by molar-refractivity contribution is 6.77. The molecule has 1 amide bonds. The van der Waals surface area contributed by atoms with E-state index >= 15 is 0 Å². The molecular formula is C21H35NOSi. The molecule has 1 atom stereocenters. The fourth-order valence-corrected chi connectivity index (χ4v) is 5.38. The molecule has 134 valence electrons. The summed E-state index contributed by atoms with van der Waals surface area (Å²) in [5.41, 5.74) is 2.89. The lowest BCUT2D eigenvalue weighted by Gasteiger charge is -2.37. The van der Waals surface area contributed by atoms with E-state index in [1.807, 2.05) is 0 Å². The zero-order valence-corrected chi connectivity index (χ0v) is 17.5. The fourth-order valence-electron chi connectivity index (χ4n) is 3.38. The molecule has 1 saturated heterocycles. The van der Waals surface area contributed by atoms with E-state index < -0.39 is 8.07 Å². The van der Waals surface area contributed by atoms with Gasteiger partial charge in [0.05, 0.1) is 8.07 Å². The fraction of sp³-hybridized carbons (Fsp3) is 0.667. The molecule has 1 aliphatic rings. The number of hydrogen-bond acceptors (Lipinski definition) is 1. The Kier molecular flexibility index (Phi) is 5.95. The predicted octanol–water partition coefficient (Wildman–Crippen LogP) is 5.10. The predicted molar refractivity (Wildman–Crippen MR) is 106 cm³/mol. The first-order chi connectivity index (χ1) is 11.1. The Morgan fingerprint density at radius 1 is 1.17 bits per heavy atom. The Bertz CT molecular complexity index is 552. The topological polar surface area (TPSA) is 20.3 Å². The highest BCUT2D eigenvalue weighted by Crippen LogP contribution is 2.27. The van der Waals surface area contributed by atoms with Crippen LogP contribution in [0.4, 0.5) is 0 Å². The maximum absolute atomic E-state index is 12.7. The molecule has 0 bridgehead atoms. The Morgan fingerprint density at radius 3 is 2.21 bits per heavy atom. The summed E-state index contributed by atoms with van der Waals surface area (Å²) in [5.74, 6) is 0.426. The van der Waals surface area contributed by atoms with Crippen molar-refractivity contribution in [3.05, 3.63) is 35.4 Å². The minimum atomic E-state index is -1.01. The summed E-state index contributed by atoms with van der Waals surface area (Å²) in [7, 11) is -1.01. The maximum Gasteiger partial charge on any atom is 0.225 e. The molecule has 1 aliphatic heterocycles. The van der Waals surface area contributed by atoms with Gasteiger partial charge in [-0.2, -0.15) is 0 Å². The molecule has 0 radical (unpaired) electrons. The molecule has 2 rings (SSSR count). The molecular weight excluding hydrogens is 310 g/mol. The van der Waals surface area contributed by atoms with Crippen LogP contribution in [-0.4, -0.2) is 32.0 Å². The van der Waals surface area contributed by atoms with Crippen molar-refractivity contribution < 1.29 is 4.79 Å². The zero-order chi connectivity index (χ0) is 18.0. The van der Waals surface area contributed by atoms with Gasteiger partial charge in [0.2, 0.25) is 5.91 Å². The molecule has 1 fully saturated rings. The minimum Gasteiger partial charge on any atom is -0.343 e. The molecule has 0 aliphatic carbocycles. The van der Waals surface area contributed by atoms with Crippen molar-refractivity contribution in [1.82, 2.24) is 4.90 Å². The molecule has 2 nitrogen and oxygen atoms in total.